The number of carbonyl (C=O) groups is 2. The third-order valence-corrected chi connectivity index (χ3v) is 4.62. The fourth-order valence-electron chi connectivity index (χ4n) is 3.06. The van der Waals surface area contributed by atoms with Crippen molar-refractivity contribution in [2.75, 3.05) is 18.5 Å². The molecule has 0 aliphatic carbocycles. The van der Waals surface area contributed by atoms with E-state index in [1.807, 2.05) is 63.2 Å². The molecule has 156 valence electrons. The van der Waals surface area contributed by atoms with Crippen LogP contribution in [0.4, 0.5) is 5.69 Å². The quantitative estimate of drug-likeness (QED) is 0.412. The van der Waals surface area contributed by atoms with Crippen LogP contribution in [0.3, 0.4) is 0 Å². The summed E-state index contributed by atoms with van der Waals surface area (Å²) in [5, 5.41) is 2.98. The molecule has 0 bridgehead atoms. The molecule has 0 spiro atoms. The van der Waals surface area contributed by atoms with Crippen LogP contribution in [0, 0.1) is 6.92 Å². The van der Waals surface area contributed by atoms with Gasteiger partial charge in [0, 0.05) is 12.0 Å². The third kappa shape index (κ3) is 7.26. The van der Waals surface area contributed by atoms with E-state index in [0.717, 1.165) is 36.8 Å². The Morgan fingerprint density at radius 3 is 2.55 bits per heavy atom. The second-order valence-corrected chi connectivity index (χ2v) is 6.93. The second kappa shape index (κ2) is 11.9. The zero-order valence-electron chi connectivity index (χ0n) is 17.6. The number of ether oxygens (including phenoxy) is 2. The van der Waals surface area contributed by atoms with E-state index in [9.17, 15) is 9.59 Å². The third-order valence-electron chi connectivity index (χ3n) is 4.62. The molecule has 2 rings (SSSR count). The molecule has 2 aromatic carbocycles. The molecule has 0 aliphatic heterocycles. The Hall–Kier alpha value is -2.82. The minimum atomic E-state index is -0.149. The summed E-state index contributed by atoms with van der Waals surface area (Å²) >= 11 is 0. The number of aryl methyl sites for hydroxylation is 2. The highest BCUT2D eigenvalue weighted by molar-refractivity contribution is 6.06. The highest BCUT2D eigenvalue weighted by Gasteiger charge is 2.13. The van der Waals surface area contributed by atoms with Crippen molar-refractivity contribution < 1.29 is 19.1 Å². The van der Waals surface area contributed by atoms with Gasteiger partial charge >= 0.3 is 5.97 Å². The predicted octanol–water partition coefficient (Wildman–Crippen LogP) is 5.31. The zero-order chi connectivity index (χ0) is 21.1. The van der Waals surface area contributed by atoms with Crippen molar-refractivity contribution in [3.05, 3.63) is 59.2 Å². The van der Waals surface area contributed by atoms with Crippen molar-refractivity contribution in [3.63, 3.8) is 0 Å². The van der Waals surface area contributed by atoms with Crippen LogP contribution in [-0.4, -0.2) is 25.1 Å². The van der Waals surface area contributed by atoms with Crippen LogP contribution >= 0.6 is 0 Å². The number of amides is 1. The molecule has 0 radical (unpaired) electrons. The number of hydrogen-bond acceptors (Lipinski definition) is 4. The maximum absolute atomic E-state index is 12.8. The van der Waals surface area contributed by atoms with E-state index in [4.69, 9.17) is 9.47 Å². The molecular formula is C24H31NO4. The lowest BCUT2D eigenvalue weighted by atomic mass is 10.0. The molecule has 0 unspecified atom stereocenters. The zero-order valence-corrected chi connectivity index (χ0v) is 17.6. The van der Waals surface area contributed by atoms with E-state index in [2.05, 4.69) is 5.32 Å². The number of esters is 1. The number of nitrogens with one attached hydrogen (secondary N) is 1. The average molecular weight is 398 g/mol. The highest BCUT2D eigenvalue weighted by Crippen LogP contribution is 2.27. The molecule has 29 heavy (non-hydrogen) atoms. The fraction of sp³-hybridized carbons (Fsp3) is 0.417. The minimum Gasteiger partial charge on any atom is -0.491 e. The Morgan fingerprint density at radius 1 is 1.00 bits per heavy atom. The summed E-state index contributed by atoms with van der Waals surface area (Å²) in [5.74, 6) is 0.382. The van der Waals surface area contributed by atoms with Crippen molar-refractivity contribution in [1.29, 1.82) is 0 Å². The monoisotopic (exact) mass is 397 g/mol. The lowest BCUT2D eigenvalue weighted by Crippen LogP contribution is -2.15. The van der Waals surface area contributed by atoms with Gasteiger partial charge in [0.05, 0.1) is 18.9 Å². The molecule has 0 aliphatic rings. The Kier molecular flexibility index (Phi) is 9.22. The van der Waals surface area contributed by atoms with E-state index < -0.39 is 0 Å². The topological polar surface area (TPSA) is 64.6 Å². The van der Waals surface area contributed by atoms with Crippen LogP contribution in [0.15, 0.2) is 42.5 Å². The van der Waals surface area contributed by atoms with Crippen LogP contribution in [0.2, 0.25) is 0 Å². The van der Waals surface area contributed by atoms with Crippen molar-refractivity contribution in [2.24, 2.45) is 0 Å². The van der Waals surface area contributed by atoms with Gasteiger partial charge in [-0.25, -0.2) is 0 Å². The number of carbonyl (C=O) groups excluding carboxylic acids is 2. The van der Waals surface area contributed by atoms with Gasteiger partial charge < -0.3 is 14.8 Å². The van der Waals surface area contributed by atoms with E-state index in [1.165, 1.54) is 0 Å². The second-order valence-electron chi connectivity index (χ2n) is 6.93. The van der Waals surface area contributed by atoms with Crippen LogP contribution in [-0.2, 0) is 16.0 Å². The normalized spacial score (nSPS) is 10.4. The summed E-state index contributed by atoms with van der Waals surface area (Å²) in [4.78, 5) is 24.1. The van der Waals surface area contributed by atoms with Gasteiger partial charge in [0.15, 0.2) is 0 Å². The van der Waals surface area contributed by atoms with Gasteiger partial charge in [0.1, 0.15) is 5.75 Å². The molecule has 5 heteroatoms. The first-order chi connectivity index (χ1) is 14.0. The van der Waals surface area contributed by atoms with Crippen molar-refractivity contribution in [3.8, 4) is 5.75 Å². The van der Waals surface area contributed by atoms with Gasteiger partial charge in [-0.05, 0) is 68.9 Å². The molecule has 0 fully saturated rings. The van der Waals surface area contributed by atoms with E-state index in [-0.39, 0.29) is 11.9 Å². The van der Waals surface area contributed by atoms with Crippen molar-refractivity contribution in [1.82, 2.24) is 0 Å². The molecule has 2 aromatic rings. The summed E-state index contributed by atoms with van der Waals surface area (Å²) in [5.41, 5.74) is 3.42. The Labute approximate surface area is 173 Å². The molecule has 0 aromatic heterocycles. The highest BCUT2D eigenvalue weighted by atomic mass is 16.5. The Morgan fingerprint density at radius 2 is 1.79 bits per heavy atom. The first-order valence-electron chi connectivity index (χ1n) is 10.3. The van der Waals surface area contributed by atoms with E-state index in [0.29, 0.717) is 36.6 Å². The van der Waals surface area contributed by atoms with Crippen LogP contribution < -0.4 is 10.1 Å². The number of anilines is 1. The molecule has 5 nitrogen and oxygen atoms in total. The smallest absolute Gasteiger partial charge is 0.305 e. The molecule has 0 saturated carbocycles. The van der Waals surface area contributed by atoms with Crippen LogP contribution in [0.25, 0.3) is 0 Å². The van der Waals surface area contributed by atoms with Crippen molar-refractivity contribution in [2.45, 2.75) is 52.9 Å². The van der Waals surface area contributed by atoms with Gasteiger partial charge in [0.2, 0.25) is 0 Å². The molecular weight excluding hydrogens is 366 g/mol. The lowest BCUT2D eigenvalue weighted by Gasteiger charge is -2.14. The molecule has 0 heterocycles. The molecule has 1 amide bonds. The summed E-state index contributed by atoms with van der Waals surface area (Å²) in [7, 11) is 0. The summed E-state index contributed by atoms with van der Waals surface area (Å²) < 4.78 is 10.9. The number of unbranched alkanes of at least 4 members (excludes halogenated alkanes) is 2. The van der Waals surface area contributed by atoms with Gasteiger partial charge in [0.25, 0.3) is 5.91 Å². The van der Waals surface area contributed by atoms with Gasteiger partial charge in [-0.3, -0.25) is 9.59 Å². The summed E-state index contributed by atoms with van der Waals surface area (Å²) in [6, 6.07) is 13.4. The molecule has 0 saturated heterocycles. The standard InChI is InChI=1S/C24H31NO4/c1-4-19-11-8-9-12-20(19)24(27)25-21-15-14-18(3)17-22(21)29-16-10-6-7-13-23(26)28-5-2/h8-9,11-12,14-15,17H,4-7,10,13,16H2,1-3H3,(H,25,27). The van der Waals surface area contributed by atoms with E-state index in [1.54, 1.807) is 0 Å². The number of hydrogen-bond donors (Lipinski definition) is 1. The predicted molar refractivity (Wildman–Crippen MR) is 116 cm³/mol. The largest absolute Gasteiger partial charge is 0.491 e. The SMILES string of the molecule is CCOC(=O)CCCCCOc1cc(C)ccc1NC(=O)c1ccccc1CC. The van der Waals surface area contributed by atoms with Gasteiger partial charge in [-0.1, -0.05) is 31.2 Å². The number of benzene rings is 2. The number of rotatable bonds is 11. The van der Waals surface area contributed by atoms with Gasteiger partial charge in [-0.2, -0.15) is 0 Å². The first-order valence-corrected chi connectivity index (χ1v) is 10.3. The fourth-order valence-corrected chi connectivity index (χ4v) is 3.06. The van der Waals surface area contributed by atoms with E-state index >= 15 is 0 Å². The molecule has 0 atom stereocenters. The Bertz CT molecular complexity index is 816. The summed E-state index contributed by atoms with van der Waals surface area (Å²) in [6.07, 6.45) is 3.74. The summed E-state index contributed by atoms with van der Waals surface area (Å²) in [6.45, 7) is 6.79. The lowest BCUT2D eigenvalue weighted by molar-refractivity contribution is -0.143. The minimum absolute atomic E-state index is 0.134. The van der Waals surface area contributed by atoms with Crippen molar-refractivity contribution >= 4 is 17.6 Å². The Balaban J connectivity index is 1.92. The average Bonchev–Trinajstić information content (AvgIpc) is 2.72. The first kappa shape index (κ1) is 22.5. The molecule has 1 N–H and O–H groups in total. The van der Waals surface area contributed by atoms with Crippen LogP contribution in [0.1, 0.15) is 61.0 Å². The maximum Gasteiger partial charge on any atom is 0.305 e. The van der Waals surface area contributed by atoms with Gasteiger partial charge in [-0.15, -0.1) is 0 Å². The maximum atomic E-state index is 12.8. The van der Waals surface area contributed by atoms with Crippen LogP contribution in [0.5, 0.6) is 5.75 Å².